The third kappa shape index (κ3) is 2.36. The van der Waals surface area contributed by atoms with E-state index in [2.05, 4.69) is 10.6 Å². The Morgan fingerprint density at radius 2 is 1.17 bits per heavy atom. The highest BCUT2D eigenvalue weighted by atomic mass is 16.3. The van der Waals surface area contributed by atoms with E-state index in [1.165, 1.54) is 12.1 Å². The van der Waals surface area contributed by atoms with Crippen LogP contribution in [0.5, 0.6) is 11.5 Å². The maximum atomic E-state index is 12.3. The molecule has 2 aromatic carbocycles. The van der Waals surface area contributed by atoms with Crippen LogP contribution >= 0.6 is 0 Å². The molecule has 1 fully saturated rings. The second kappa shape index (κ2) is 5.26. The van der Waals surface area contributed by atoms with Gasteiger partial charge in [-0.25, -0.2) is 0 Å². The minimum Gasteiger partial charge on any atom is -0.507 e. The lowest BCUT2D eigenvalue weighted by Crippen LogP contribution is -2.62. The van der Waals surface area contributed by atoms with Crippen molar-refractivity contribution in [1.29, 1.82) is 0 Å². The van der Waals surface area contributed by atoms with Gasteiger partial charge in [-0.3, -0.25) is 9.59 Å². The van der Waals surface area contributed by atoms with Crippen molar-refractivity contribution in [2.24, 2.45) is 0 Å². The molecule has 0 aliphatic carbocycles. The summed E-state index contributed by atoms with van der Waals surface area (Å²) in [6.45, 7) is 0. The van der Waals surface area contributed by atoms with Gasteiger partial charge in [-0.1, -0.05) is 12.1 Å². The summed E-state index contributed by atoms with van der Waals surface area (Å²) in [6, 6.07) is 8.67. The quantitative estimate of drug-likeness (QED) is 0.577. The summed E-state index contributed by atoms with van der Waals surface area (Å²) in [7, 11) is 0. The number of nitrogens with one attached hydrogen (secondary N) is 2. The molecule has 2 atom stereocenters. The topological polar surface area (TPSA) is 98.7 Å². The van der Waals surface area contributed by atoms with Crippen LogP contribution in [0.1, 0.15) is 11.1 Å². The Bertz CT molecular complexity index is 791. The van der Waals surface area contributed by atoms with Crippen molar-refractivity contribution in [1.82, 2.24) is 10.6 Å². The van der Waals surface area contributed by atoms with Gasteiger partial charge in [0.05, 0.1) is 0 Å². The molecule has 4 N–H and O–H groups in total. The number of phenols is 2. The molecule has 1 saturated heterocycles. The summed E-state index contributed by atoms with van der Waals surface area (Å²) < 4.78 is 0. The third-order valence-electron chi connectivity index (χ3n) is 4.56. The summed E-state index contributed by atoms with van der Waals surface area (Å²) in [5.74, 6) is -0.314. The van der Waals surface area contributed by atoms with Crippen molar-refractivity contribution in [3.8, 4) is 22.6 Å². The number of rotatable bonds is 0. The molecule has 2 unspecified atom stereocenters. The number of piperazine rings is 1. The molecule has 3 aliphatic heterocycles. The molecule has 2 aromatic rings. The van der Waals surface area contributed by atoms with E-state index in [4.69, 9.17) is 0 Å². The van der Waals surface area contributed by atoms with Crippen molar-refractivity contribution in [3.63, 3.8) is 0 Å². The highest BCUT2D eigenvalue weighted by Gasteiger charge is 2.34. The second-order valence-corrected chi connectivity index (χ2v) is 6.23. The van der Waals surface area contributed by atoms with Crippen molar-refractivity contribution in [2.45, 2.75) is 24.9 Å². The van der Waals surface area contributed by atoms with Crippen molar-refractivity contribution in [2.75, 3.05) is 0 Å². The smallest absolute Gasteiger partial charge is 0.243 e. The molecule has 5 rings (SSSR count). The van der Waals surface area contributed by atoms with Gasteiger partial charge in [0.1, 0.15) is 23.6 Å². The lowest BCUT2D eigenvalue weighted by atomic mass is 9.92. The number of fused-ring (bicyclic) bond motifs is 2. The van der Waals surface area contributed by atoms with Gasteiger partial charge in [-0.05, 0) is 35.4 Å². The van der Waals surface area contributed by atoms with Crippen LogP contribution in [0.3, 0.4) is 0 Å². The first-order valence-electron chi connectivity index (χ1n) is 7.76. The fraction of sp³-hybridized carbons (Fsp3) is 0.222. The third-order valence-corrected chi connectivity index (χ3v) is 4.56. The fourth-order valence-electron chi connectivity index (χ4n) is 3.29. The average molecular weight is 324 g/mol. The van der Waals surface area contributed by atoms with Crippen molar-refractivity contribution >= 4 is 11.8 Å². The Morgan fingerprint density at radius 1 is 0.750 bits per heavy atom. The molecule has 122 valence electrons. The number of phenolic OH excluding ortho intramolecular Hbond substituents is 2. The summed E-state index contributed by atoms with van der Waals surface area (Å²) in [5.41, 5.74) is 2.59. The maximum absolute atomic E-state index is 12.3. The molecule has 0 radical (unpaired) electrons. The molecule has 0 saturated carbocycles. The summed E-state index contributed by atoms with van der Waals surface area (Å²) >= 11 is 0. The zero-order valence-corrected chi connectivity index (χ0v) is 12.7. The van der Waals surface area contributed by atoms with E-state index in [9.17, 15) is 19.8 Å². The van der Waals surface area contributed by atoms with E-state index >= 15 is 0 Å². The Labute approximate surface area is 138 Å². The highest BCUT2D eigenvalue weighted by molar-refractivity contribution is 5.97. The Hall–Kier alpha value is -3.02. The van der Waals surface area contributed by atoms with Gasteiger partial charge in [0.15, 0.2) is 0 Å². The monoisotopic (exact) mass is 324 g/mol. The van der Waals surface area contributed by atoms with Crippen LogP contribution in [0.4, 0.5) is 0 Å². The van der Waals surface area contributed by atoms with Gasteiger partial charge in [-0.2, -0.15) is 0 Å². The minimum absolute atomic E-state index is 0.0573. The zero-order valence-electron chi connectivity index (χ0n) is 12.7. The number of amides is 2. The van der Waals surface area contributed by atoms with Gasteiger partial charge in [-0.15, -0.1) is 0 Å². The van der Waals surface area contributed by atoms with Crippen LogP contribution in [0.2, 0.25) is 0 Å². The van der Waals surface area contributed by atoms with Gasteiger partial charge in [0, 0.05) is 24.0 Å². The zero-order chi connectivity index (χ0) is 16.8. The van der Waals surface area contributed by atoms with Crippen LogP contribution < -0.4 is 10.6 Å². The molecular formula is C18H16N2O4. The predicted molar refractivity (Wildman–Crippen MR) is 86.5 cm³/mol. The molecule has 0 spiro atoms. The van der Waals surface area contributed by atoms with Gasteiger partial charge in [0.2, 0.25) is 11.8 Å². The van der Waals surface area contributed by atoms with E-state index in [1.54, 1.807) is 24.3 Å². The predicted octanol–water partition coefficient (Wildman–Crippen LogP) is 0.847. The van der Waals surface area contributed by atoms with Crippen LogP contribution in [0, 0.1) is 0 Å². The number of benzene rings is 2. The first-order chi connectivity index (χ1) is 11.5. The standard InChI is InChI=1S/C18H16N2O4/c21-15-3-1-9-5-11(15)12-6-10(2-4-16(12)22)8-14-18(24)19-13(7-9)17(23)20-14/h1-6,13-14,21-22H,7-8H2,(H,19,24)(H,20,23). The Balaban J connectivity index is 1.92. The van der Waals surface area contributed by atoms with E-state index in [0.29, 0.717) is 24.0 Å². The average Bonchev–Trinajstić information content (AvgIpc) is 2.55. The lowest BCUT2D eigenvalue weighted by molar-refractivity contribution is -0.136. The molecule has 6 heteroatoms. The number of hydrogen-bond acceptors (Lipinski definition) is 4. The van der Waals surface area contributed by atoms with E-state index in [1.807, 2.05) is 0 Å². The molecular weight excluding hydrogens is 308 g/mol. The fourth-order valence-corrected chi connectivity index (χ4v) is 3.29. The van der Waals surface area contributed by atoms with Crippen molar-refractivity contribution in [3.05, 3.63) is 47.5 Å². The van der Waals surface area contributed by atoms with E-state index < -0.39 is 12.1 Å². The molecule has 2 amide bonds. The van der Waals surface area contributed by atoms with Gasteiger partial charge >= 0.3 is 0 Å². The first kappa shape index (κ1) is 14.6. The van der Waals surface area contributed by atoms with E-state index in [0.717, 1.165) is 11.1 Å². The number of carbonyl (C=O) groups is 2. The van der Waals surface area contributed by atoms with Crippen LogP contribution in [0.25, 0.3) is 11.1 Å². The molecule has 0 aromatic heterocycles. The van der Waals surface area contributed by atoms with Crippen molar-refractivity contribution < 1.29 is 19.8 Å². The Morgan fingerprint density at radius 3 is 1.58 bits per heavy atom. The maximum Gasteiger partial charge on any atom is 0.243 e. The number of aromatic hydroxyl groups is 2. The summed E-state index contributed by atoms with van der Waals surface area (Å²) in [4.78, 5) is 24.5. The number of hydrogen-bond donors (Lipinski definition) is 4. The summed E-state index contributed by atoms with van der Waals surface area (Å²) in [5, 5.41) is 25.9. The molecule has 3 aliphatic rings. The SMILES string of the molecule is O=C1NC2Cc3ccc(O)c(c3)-c3cc(ccc3O)CC1NC2=O. The second-order valence-electron chi connectivity index (χ2n) is 6.23. The van der Waals surface area contributed by atoms with Gasteiger partial charge in [0.25, 0.3) is 0 Å². The normalized spacial score (nSPS) is 22.2. The van der Waals surface area contributed by atoms with Crippen LogP contribution in [0.15, 0.2) is 36.4 Å². The molecule has 3 heterocycles. The highest BCUT2D eigenvalue weighted by Crippen LogP contribution is 2.37. The van der Waals surface area contributed by atoms with Crippen LogP contribution in [-0.4, -0.2) is 34.1 Å². The summed E-state index contributed by atoms with van der Waals surface area (Å²) in [6.07, 6.45) is 0.635. The first-order valence-corrected chi connectivity index (χ1v) is 7.76. The van der Waals surface area contributed by atoms with Crippen LogP contribution in [-0.2, 0) is 22.4 Å². The lowest BCUT2D eigenvalue weighted by Gasteiger charge is -2.30. The van der Waals surface area contributed by atoms with E-state index in [-0.39, 0.29) is 23.3 Å². The molecule has 6 nitrogen and oxygen atoms in total. The molecule has 6 bridgehead atoms. The van der Waals surface area contributed by atoms with Gasteiger partial charge < -0.3 is 20.8 Å². The largest absolute Gasteiger partial charge is 0.507 e. The molecule has 24 heavy (non-hydrogen) atoms. The number of carbonyl (C=O) groups excluding carboxylic acids is 2. The minimum atomic E-state index is -0.641. The Kier molecular flexibility index (Phi) is 3.19.